The van der Waals surface area contributed by atoms with Crippen LogP contribution >= 0.6 is 0 Å². The zero-order valence-corrected chi connectivity index (χ0v) is 13.0. The minimum atomic E-state index is -4.14. The van der Waals surface area contributed by atoms with E-state index in [4.69, 9.17) is 0 Å². The summed E-state index contributed by atoms with van der Waals surface area (Å²) in [6.45, 7) is 3.84. The molecule has 122 valence electrons. The van der Waals surface area contributed by atoms with Gasteiger partial charge in [0, 0.05) is 6.04 Å². The average molecular weight is 305 g/mol. The van der Waals surface area contributed by atoms with Crippen molar-refractivity contribution in [3.8, 4) is 6.07 Å². The summed E-state index contributed by atoms with van der Waals surface area (Å²) in [6.07, 6.45) is 0.965. The van der Waals surface area contributed by atoms with Crippen molar-refractivity contribution in [1.82, 2.24) is 10.2 Å². The summed E-state index contributed by atoms with van der Waals surface area (Å²) >= 11 is 0. The van der Waals surface area contributed by atoms with E-state index < -0.39 is 18.3 Å². The van der Waals surface area contributed by atoms with E-state index in [1.807, 2.05) is 13.8 Å². The summed E-state index contributed by atoms with van der Waals surface area (Å²) < 4.78 is 37.3. The molecule has 0 aromatic rings. The Morgan fingerprint density at radius 1 is 1.24 bits per heavy atom. The predicted octanol–water partition coefficient (Wildman–Crippen LogP) is 3.47. The van der Waals surface area contributed by atoms with Gasteiger partial charge in [0.25, 0.3) is 0 Å². The highest BCUT2D eigenvalue weighted by Gasteiger charge is 2.32. The normalized spacial score (nSPS) is 18.5. The number of nitrogens with zero attached hydrogens (tertiary/aromatic N) is 2. The molecule has 0 saturated heterocycles. The molecule has 3 nitrogen and oxygen atoms in total. The van der Waals surface area contributed by atoms with Crippen LogP contribution in [0.25, 0.3) is 0 Å². The first-order chi connectivity index (χ1) is 9.78. The van der Waals surface area contributed by atoms with Crippen LogP contribution in [0.15, 0.2) is 0 Å². The van der Waals surface area contributed by atoms with Gasteiger partial charge in [0.05, 0.1) is 12.6 Å². The van der Waals surface area contributed by atoms with Gasteiger partial charge in [-0.25, -0.2) is 0 Å². The molecule has 1 rings (SSSR count). The van der Waals surface area contributed by atoms with Crippen LogP contribution in [0.5, 0.6) is 0 Å². The van der Waals surface area contributed by atoms with E-state index >= 15 is 0 Å². The Balaban J connectivity index is 2.27. The zero-order chi connectivity index (χ0) is 15.9. The third-order valence-corrected chi connectivity index (χ3v) is 3.69. The van der Waals surface area contributed by atoms with Gasteiger partial charge in [-0.15, -0.1) is 0 Å². The minimum Gasteiger partial charge on any atom is -0.297 e. The Kier molecular flexibility index (Phi) is 6.95. The van der Waals surface area contributed by atoms with Gasteiger partial charge in [-0.1, -0.05) is 6.92 Å². The third kappa shape index (κ3) is 8.27. The number of alkyl halides is 3. The Morgan fingerprint density at radius 2 is 1.90 bits per heavy atom. The molecule has 21 heavy (non-hydrogen) atoms. The van der Waals surface area contributed by atoms with Crippen LogP contribution in [0.1, 0.15) is 52.4 Å². The number of unbranched alkanes of at least 4 members (excludes halogenated alkanes) is 1. The molecule has 1 saturated carbocycles. The predicted molar refractivity (Wildman–Crippen MR) is 76.8 cm³/mol. The average Bonchev–Trinajstić information content (AvgIpc) is 3.17. The second kappa shape index (κ2) is 8.00. The molecule has 0 heterocycles. The van der Waals surface area contributed by atoms with Crippen molar-refractivity contribution in [1.29, 1.82) is 5.26 Å². The molecule has 1 fully saturated rings. The van der Waals surface area contributed by atoms with Crippen molar-refractivity contribution < 1.29 is 13.2 Å². The molecule has 1 aliphatic carbocycles. The maximum atomic E-state index is 12.4. The molecule has 0 aromatic heterocycles. The van der Waals surface area contributed by atoms with Crippen LogP contribution in [0.3, 0.4) is 0 Å². The molecule has 1 unspecified atom stereocenters. The lowest BCUT2D eigenvalue weighted by Gasteiger charge is -2.25. The molecule has 0 spiro atoms. The summed E-state index contributed by atoms with van der Waals surface area (Å²) in [6, 6.07) is 2.75. The van der Waals surface area contributed by atoms with Crippen molar-refractivity contribution in [2.75, 3.05) is 19.6 Å². The quantitative estimate of drug-likeness (QED) is 0.628. The highest BCUT2D eigenvalue weighted by molar-refractivity contribution is 5.06. The number of nitriles is 1. The standard InChI is InChI=1S/C15H26F3N3/c1-3-9-21(12-15(16,17)18)10-5-4-8-14(2,11-19)20-13-6-7-13/h13,20H,3-10,12H2,1-2H3. The first-order valence-corrected chi connectivity index (χ1v) is 7.76. The second-order valence-electron chi connectivity index (χ2n) is 6.21. The number of nitrogens with one attached hydrogen (secondary N) is 1. The highest BCUT2D eigenvalue weighted by atomic mass is 19.4. The molecule has 0 bridgehead atoms. The maximum Gasteiger partial charge on any atom is 0.401 e. The molecule has 0 aromatic carbocycles. The van der Waals surface area contributed by atoms with Crippen LogP contribution in [-0.2, 0) is 0 Å². The van der Waals surface area contributed by atoms with Crippen molar-refractivity contribution >= 4 is 0 Å². The number of hydrogen-bond acceptors (Lipinski definition) is 3. The van der Waals surface area contributed by atoms with Gasteiger partial charge in [0.1, 0.15) is 5.54 Å². The fourth-order valence-corrected chi connectivity index (χ4v) is 2.49. The lowest BCUT2D eigenvalue weighted by molar-refractivity contribution is -0.146. The van der Waals surface area contributed by atoms with Gasteiger partial charge in [-0.05, 0) is 58.5 Å². The van der Waals surface area contributed by atoms with E-state index in [0.717, 1.165) is 25.7 Å². The number of halogens is 3. The van der Waals surface area contributed by atoms with Gasteiger partial charge in [0.2, 0.25) is 0 Å². The Morgan fingerprint density at radius 3 is 2.38 bits per heavy atom. The molecule has 6 heteroatoms. The lowest BCUT2D eigenvalue weighted by Crippen LogP contribution is -2.42. The van der Waals surface area contributed by atoms with Crippen molar-refractivity contribution in [2.24, 2.45) is 0 Å². The molecule has 0 amide bonds. The second-order valence-corrected chi connectivity index (χ2v) is 6.21. The van der Waals surface area contributed by atoms with Crippen LogP contribution in [0.4, 0.5) is 13.2 Å². The summed E-state index contributed by atoms with van der Waals surface area (Å²) in [7, 11) is 0. The summed E-state index contributed by atoms with van der Waals surface area (Å²) in [5.74, 6) is 0. The summed E-state index contributed by atoms with van der Waals surface area (Å²) in [5, 5.41) is 12.5. The zero-order valence-electron chi connectivity index (χ0n) is 13.0. The van der Waals surface area contributed by atoms with Gasteiger partial charge < -0.3 is 0 Å². The molecular formula is C15H26F3N3. The Hall–Kier alpha value is -0.800. The first kappa shape index (κ1) is 18.2. The van der Waals surface area contributed by atoms with Gasteiger partial charge in [-0.3, -0.25) is 10.2 Å². The maximum absolute atomic E-state index is 12.4. The number of hydrogen-bond donors (Lipinski definition) is 1. The largest absolute Gasteiger partial charge is 0.401 e. The first-order valence-electron chi connectivity index (χ1n) is 7.76. The van der Waals surface area contributed by atoms with Gasteiger partial charge >= 0.3 is 6.18 Å². The summed E-state index contributed by atoms with van der Waals surface area (Å²) in [5.41, 5.74) is -0.541. The SMILES string of the molecule is CCCN(CCCCC(C)(C#N)NC1CC1)CC(F)(F)F. The Bertz CT molecular complexity index is 347. The molecule has 1 atom stereocenters. The van der Waals surface area contributed by atoms with Crippen molar-refractivity contribution in [2.45, 2.75) is 70.1 Å². The van der Waals surface area contributed by atoms with E-state index in [-0.39, 0.29) is 0 Å². The van der Waals surface area contributed by atoms with E-state index in [9.17, 15) is 18.4 Å². The van der Waals surface area contributed by atoms with E-state index in [1.165, 1.54) is 4.90 Å². The fraction of sp³-hybridized carbons (Fsp3) is 0.933. The monoisotopic (exact) mass is 305 g/mol. The topological polar surface area (TPSA) is 39.1 Å². The summed E-state index contributed by atoms with van der Waals surface area (Å²) in [4.78, 5) is 1.46. The van der Waals surface area contributed by atoms with Gasteiger partial charge in [-0.2, -0.15) is 18.4 Å². The van der Waals surface area contributed by atoms with Crippen LogP contribution in [0.2, 0.25) is 0 Å². The van der Waals surface area contributed by atoms with Crippen LogP contribution in [-0.4, -0.2) is 42.3 Å². The van der Waals surface area contributed by atoms with Gasteiger partial charge in [0.15, 0.2) is 0 Å². The van der Waals surface area contributed by atoms with Crippen molar-refractivity contribution in [3.05, 3.63) is 0 Å². The van der Waals surface area contributed by atoms with Crippen LogP contribution < -0.4 is 5.32 Å². The lowest BCUT2D eigenvalue weighted by atomic mass is 9.96. The Labute approximate surface area is 125 Å². The van der Waals surface area contributed by atoms with E-state index in [2.05, 4.69) is 11.4 Å². The van der Waals surface area contributed by atoms with E-state index in [1.54, 1.807) is 0 Å². The third-order valence-electron chi connectivity index (χ3n) is 3.69. The minimum absolute atomic E-state index is 0.443. The van der Waals surface area contributed by atoms with Crippen molar-refractivity contribution in [3.63, 3.8) is 0 Å². The fourth-order valence-electron chi connectivity index (χ4n) is 2.49. The number of rotatable bonds is 10. The molecule has 1 aliphatic rings. The molecular weight excluding hydrogens is 279 g/mol. The molecule has 0 radical (unpaired) electrons. The molecule has 1 N–H and O–H groups in total. The van der Waals surface area contributed by atoms with E-state index in [0.29, 0.717) is 32.0 Å². The van der Waals surface area contributed by atoms with Crippen LogP contribution in [0, 0.1) is 11.3 Å². The molecule has 0 aliphatic heterocycles. The smallest absolute Gasteiger partial charge is 0.297 e. The highest BCUT2D eigenvalue weighted by Crippen LogP contribution is 2.25.